The summed E-state index contributed by atoms with van der Waals surface area (Å²) in [6, 6.07) is 11.2. The number of likely N-dealkylation sites (N-methyl/N-ethyl adjacent to an activating group) is 1. The lowest BCUT2D eigenvalue weighted by molar-refractivity contribution is 0.0834. The number of methoxy groups -OCH3 is 2. The average Bonchev–Trinajstić information content (AvgIpc) is 2.75. The van der Waals surface area contributed by atoms with Crippen molar-refractivity contribution in [1.29, 1.82) is 0 Å². The van der Waals surface area contributed by atoms with Gasteiger partial charge in [0.1, 0.15) is 0 Å². The van der Waals surface area contributed by atoms with E-state index >= 15 is 0 Å². The summed E-state index contributed by atoms with van der Waals surface area (Å²) in [4.78, 5) is 15.5. The van der Waals surface area contributed by atoms with E-state index in [0.717, 1.165) is 25.3 Å². The van der Waals surface area contributed by atoms with E-state index in [4.69, 9.17) is 21.1 Å². The van der Waals surface area contributed by atoms with Gasteiger partial charge in [-0.25, -0.2) is 0 Å². The fourth-order valence-corrected chi connectivity index (χ4v) is 4.47. The van der Waals surface area contributed by atoms with Gasteiger partial charge in [0, 0.05) is 17.1 Å². The lowest BCUT2D eigenvalue weighted by atomic mass is 9.83. The molecule has 1 aliphatic heterocycles. The Morgan fingerprint density at radius 1 is 1.20 bits per heavy atom. The summed E-state index contributed by atoms with van der Waals surface area (Å²) in [5.41, 5.74) is 3.00. The van der Waals surface area contributed by atoms with Crippen LogP contribution in [-0.4, -0.2) is 44.2 Å². The molecule has 2 atom stereocenters. The summed E-state index contributed by atoms with van der Waals surface area (Å²) in [7, 11) is 3.31. The van der Waals surface area contributed by atoms with Crippen LogP contribution in [0.4, 0.5) is 0 Å². The highest BCUT2D eigenvalue weighted by Gasteiger charge is 2.36. The molecule has 162 valence electrons. The van der Waals surface area contributed by atoms with Crippen molar-refractivity contribution in [3.05, 3.63) is 58.1 Å². The number of ether oxygens (including phenoxy) is 2. The van der Waals surface area contributed by atoms with Gasteiger partial charge in [-0.05, 0) is 60.3 Å². The molecule has 0 spiro atoms. The molecule has 0 bridgehead atoms. The smallest absolute Gasteiger partial charge is 0.251 e. The van der Waals surface area contributed by atoms with Crippen molar-refractivity contribution in [1.82, 2.24) is 10.2 Å². The van der Waals surface area contributed by atoms with Gasteiger partial charge in [0.2, 0.25) is 0 Å². The van der Waals surface area contributed by atoms with Crippen molar-refractivity contribution in [2.75, 3.05) is 27.3 Å². The predicted molar refractivity (Wildman–Crippen MR) is 121 cm³/mol. The molecule has 0 aromatic heterocycles. The number of nitrogens with zero attached hydrogens (tertiary/aromatic N) is 1. The fourth-order valence-electron chi connectivity index (χ4n) is 4.28. The SMILES string of the molecule is CCN1CCc2cc(OC)c(OC)cc2[C@H]1[C@H](NC(=O)c1cccc(Cl)c1)C(C)C. The quantitative estimate of drug-likeness (QED) is 0.689. The molecule has 1 N–H and O–H groups in total. The second-order valence-electron chi connectivity index (χ2n) is 7.98. The van der Waals surface area contributed by atoms with Crippen molar-refractivity contribution in [3.8, 4) is 11.5 Å². The van der Waals surface area contributed by atoms with E-state index in [1.165, 1.54) is 11.1 Å². The van der Waals surface area contributed by atoms with Crippen LogP contribution in [0.5, 0.6) is 11.5 Å². The average molecular weight is 431 g/mol. The van der Waals surface area contributed by atoms with E-state index in [9.17, 15) is 4.79 Å². The normalized spacial score (nSPS) is 17.4. The minimum atomic E-state index is -0.111. The second-order valence-corrected chi connectivity index (χ2v) is 8.42. The van der Waals surface area contributed by atoms with Crippen LogP contribution in [0, 0.1) is 5.92 Å². The summed E-state index contributed by atoms with van der Waals surface area (Å²) < 4.78 is 11.1. The maximum absolute atomic E-state index is 13.1. The number of fused-ring (bicyclic) bond motifs is 1. The van der Waals surface area contributed by atoms with E-state index in [1.807, 2.05) is 0 Å². The molecule has 0 saturated carbocycles. The first-order chi connectivity index (χ1) is 14.4. The van der Waals surface area contributed by atoms with Crippen molar-refractivity contribution >= 4 is 17.5 Å². The monoisotopic (exact) mass is 430 g/mol. The molecule has 3 rings (SSSR count). The topological polar surface area (TPSA) is 50.8 Å². The molecule has 1 heterocycles. The molecule has 0 aliphatic carbocycles. The van der Waals surface area contributed by atoms with Crippen LogP contribution in [0.3, 0.4) is 0 Å². The molecular formula is C24H31ClN2O3. The highest BCUT2D eigenvalue weighted by molar-refractivity contribution is 6.30. The molecular weight excluding hydrogens is 400 g/mol. The van der Waals surface area contributed by atoms with Crippen LogP contribution >= 0.6 is 11.6 Å². The first-order valence-corrected chi connectivity index (χ1v) is 10.8. The third-order valence-electron chi connectivity index (χ3n) is 5.87. The van der Waals surface area contributed by atoms with Crippen molar-refractivity contribution in [3.63, 3.8) is 0 Å². The first-order valence-electron chi connectivity index (χ1n) is 10.4. The Labute approximate surface area is 184 Å². The van der Waals surface area contributed by atoms with E-state index in [2.05, 4.69) is 43.1 Å². The van der Waals surface area contributed by atoms with Crippen LogP contribution in [-0.2, 0) is 6.42 Å². The van der Waals surface area contributed by atoms with Crippen LogP contribution in [0.15, 0.2) is 36.4 Å². The highest BCUT2D eigenvalue weighted by atomic mass is 35.5. The molecule has 0 radical (unpaired) electrons. The van der Waals surface area contributed by atoms with Crippen LogP contribution in [0.25, 0.3) is 0 Å². The summed E-state index contributed by atoms with van der Waals surface area (Å²) in [5, 5.41) is 3.84. The zero-order chi connectivity index (χ0) is 21.8. The van der Waals surface area contributed by atoms with Gasteiger partial charge < -0.3 is 14.8 Å². The number of carbonyl (C=O) groups is 1. The highest BCUT2D eigenvalue weighted by Crippen LogP contribution is 2.40. The molecule has 1 aliphatic rings. The molecule has 1 amide bonds. The first kappa shape index (κ1) is 22.4. The maximum Gasteiger partial charge on any atom is 0.251 e. The lowest BCUT2D eigenvalue weighted by Gasteiger charge is -2.43. The van der Waals surface area contributed by atoms with Gasteiger partial charge in [-0.2, -0.15) is 0 Å². The van der Waals surface area contributed by atoms with Gasteiger partial charge in [0.05, 0.1) is 26.3 Å². The number of hydrogen-bond acceptors (Lipinski definition) is 4. The molecule has 2 aromatic rings. The third-order valence-corrected chi connectivity index (χ3v) is 6.11. The minimum absolute atomic E-state index is 0.0432. The lowest BCUT2D eigenvalue weighted by Crippen LogP contribution is -2.51. The molecule has 0 unspecified atom stereocenters. The number of halogens is 1. The number of nitrogens with one attached hydrogen (secondary N) is 1. The Hall–Kier alpha value is -2.24. The molecule has 30 heavy (non-hydrogen) atoms. The summed E-state index contributed by atoms with van der Waals surface area (Å²) >= 11 is 6.10. The van der Waals surface area contributed by atoms with E-state index in [-0.39, 0.29) is 23.9 Å². The van der Waals surface area contributed by atoms with E-state index in [0.29, 0.717) is 16.3 Å². The molecule has 0 saturated heterocycles. The summed E-state index contributed by atoms with van der Waals surface area (Å²) in [5.74, 6) is 1.57. The Kier molecular flexibility index (Phi) is 7.27. The number of rotatable bonds is 7. The van der Waals surface area contributed by atoms with Gasteiger partial charge in [0.15, 0.2) is 11.5 Å². The fraction of sp³-hybridized carbons (Fsp3) is 0.458. The van der Waals surface area contributed by atoms with Crippen molar-refractivity contribution in [2.24, 2.45) is 5.92 Å². The molecule has 0 fully saturated rings. The number of hydrogen-bond donors (Lipinski definition) is 1. The Bertz CT molecular complexity index is 900. The van der Waals surface area contributed by atoms with Crippen molar-refractivity contribution < 1.29 is 14.3 Å². The summed E-state index contributed by atoms with van der Waals surface area (Å²) in [6.07, 6.45) is 0.938. The third kappa shape index (κ3) is 4.57. The van der Waals surface area contributed by atoms with E-state index in [1.54, 1.807) is 38.5 Å². The van der Waals surface area contributed by atoms with Gasteiger partial charge in [0.25, 0.3) is 5.91 Å². The zero-order valence-electron chi connectivity index (χ0n) is 18.4. The predicted octanol–water partition coefficient (Wildman–Crippen LogP) is 4.73. The van der Waals surface area contributed by atoms with Gasteiger partial charge in [-0.15, -0.1) is 0 Å². The molecule has 2 aromatic carbocycles. The Morgan fingerprint density at radius 3 is 2.50 bits per heavy atom. The Morgan fingerprint density at radius 2 is 1.90 bits per heavy atom. The van der Waals surface area contributed by atoms with Crippen LogP contribution < -0.4 is 14.8 Å². The minimum Gasteiger partial charge on any atom is -0.493 e. The van der Waals surface area contributed by atoms with Crippen LogP contribution in [0.1, 0.15) is 48.3 Å². The van der Waals surface area contributed by atoms with Gasteiger partial charge in [-0.3, -0.25) is 9.69 Å². The summed E-state index contributed by atoms with van der Waals surface area (Å²) in [6.45, 7) is 8.28. The molecule has 5 nitrogen and oxygen atoms in total. The van der Waals surface area contributed by atoms with Gasteiger partial charge >= 0.3 is 0 Å². The van der Waals surface area contributed by atoms with Crippen LogP contribution in [0.2, 0.25) is 5.02 Å². The number of carbonyl (C=O) groups excluding carboxylic acids is 1. The van der Waals surface area contributed by atoms with E-state index < -0.39 is 0 Å². The largest absolute Gasteiger partial charge is 0.493 e. The standard InChI is InChI=1S/C24H31ClN2O3/c1-6-27-11-10-16-13-20(29-4)21(30-5)14-19(16)23(27)22(15(2)3)26-24(28)17-8-7-9-18(25)12-17/h7-9,12-15,22-23H,6,10-11H2,1-5H3,(H,26,28)/t22-,23+/m1/s1. The van der Waals surface area contributed by atoms with Crippen molar-refractivity contribution in [2.45, 2.75) is 39.3 Å². The number of benzene rings is 2. The van der Waals surface area contributed by atoms with Gasteiger partial charge in [-0.1, -0.05) is 38.4 Å². The number of amides is 1. The second kappa shape index (κ2) is 9.71. The zero-order valence-corrected chi connectivity index (χ0v) is 19.1. The molecule has 6 heteroatoms. The maximum atomic E-state index is 13.1. The Balaban J connectivity index is 2.01.